The van der Waals surface area contributed by atoms with Crippen LogP contribution >= 0.6 is 0 Å². The highest BCUT2D eigenvalue weighted by atomic mass is 16.3. The highest BCUT2D eigenvalue weighted by Gasteiger charge is 2.06. The number of hydrogen-bond donors (Lipinski definition) is 2. The maximum absolute atomic E-state index is 11.2. The minimum atomic E-state index is -0.381. The van der Waals surface area contributed by atoms with Gasteiger partial charge in [0.1, 0.15) is 17.2 Å². The van der Waals surface area contributed by atoms with E-state index in [1.165, 1.54) is 0 Å². The molecule has 3 aromatic rings. The number of nitrogens with one attached hydrogen (secondary N) is 1. The van der Waals surface area contributed by atoms with Crippen molar-refractivity contribution in [2.75, 3.05) is 0 Å². The van der Waals surface area contributed by atoms with E-state index >= 15 is 0 Å². The number of aromatic amines is 1. The number of H-pyrrole nitrogens is 1. The third-order valence-corrected chi connectivity index (χ3v) is 2.60. The molecular formula is C13H10N2O3. The van der Waals surface area contributed by atoms with E-state index in [9.17, 15) is 9.90 Å². The minimum Gasteiger partial charge on any atom is -0.493 e. The monoisotopic (exact) mass is 242 g/mol. The molecule has 2 heterocycles. The fraction of sp³-hybridized carbons (Fsp3) is 0.0769. The van der Waals surface area contributed by atoms with Crippen LogP contribution in [0.2, 0.25) is 0 Å². The summed E-state index contributed by atoms with van der Waals surface area (Å²) in [5.41, 5.74) is 0.406. The molecule has 3 rings (SSSR count). The molecule has 90 valence electrons. The predicted octanol–water partition coefficient (Wildman–Crippen LogP) is 1.81. The highest BCUT2D eigenvalue weighted by molar-refractivity contribution is 5.77. The Morgan fingerprint density at radius 3 is 2.89 bits per heavy atom. The van der Waals surface area contributed by atoms with E-state index in [1.807, 2.05) is 30.3 Å². The van der Waals surface area contributed by atoms with Gasteiger partial charge in [0.25, 0.3) is 5.56 Å². The zero-order valence-corrected chi connectivity index (χ0v) is 9.38. The van der Waals surface area contributed by atoms with E-state index in [0.717, 1.165) is 17.0 Å². The zero-order chi connectivity index (χ0) is 12.5. The van der Waals surface area contributed by atoms with Crippen LogP contribution in [0.5, 0.6) is 5.88 Å². The van der Waals surface area contributed by atoms with Gasteiger partial charge in [0.05, 0.1) is 12.5 Å². The second-order valence-corrected chi connectivity index (χ2v) is 3.98. The molecule has 0 atom stereocenters. The lowest BCUT2D eigenvalue weighted by Gasteiger charge is -1.97. The van der Waals surface area contributed by atoms with Gasteiger partial charge in [-0.15, -0.1) is 0 Å². The SMILES string of the molecule is O=c1cc(O)nc(Cc2cc3ccccc3o2)[nH]1. The first-order valence-corrected chi connectivity index (χ1v) is 5.47. The molecule has 18 heavy (non-hydrogen) atoms. The normalized spacial score (nSPS) is 10.9. The Morgan fingerprint density at radius 1 is 1.28 bits per heavy atom. The fourth-order valence-electron chi connectivity index (χ4n) is 1.87. The number of rotatable bonds is 2. The number of hydrogen-bond acceptors (Lipinski definition) is 4. The van der Waals surface area contributed by atoms with Crippen molar-refractivity contribution in [1.82, 2.24) is 9.97 Å². The molecule has 0 amide bonds. The van der Waals surface area contributed by atoms with Crippen LogP contribution in [-0.2, 0) is 6.42 Å². The highest BCUT2D eigenvalue weighted by Crippen LogP contribution is 2.20. The van der Waals surface area contributed by atoms with Crippen molar-refractivity contribution in [1.29, 1.82) is 0 Å². The summed E-state index contributed by atoms with van der Waals surface area (Å²) in [6.45, 7) is 0. The summed E-state index contributed by atoms with van der Waals surface area (Å²) in [6.07, 6.45) is 0.332. The van der Waals surface area contributed by atoms with Gasteiger partial charge in [-0.05, 0) is 12.1 Å². The van der Waals surface area contributed by atoms with Crippen LogP contribution in [0.15, 0.2) is 45.6 Å². The summed E-state index contributed by atoms with van der Waals surface area (Å²) in [6, 6.07) is 10.6. The first-order chi connectivity index (χ1) is 8.70. The molecule has 5 heteroatoms. The molecule has 2 aromatic heterocycles. The average molecular weight is 242 g/mol. The van der Waals surface area contributed by atoms with Crippen LogP contribution in [0, 0.1) is 0 Å². The summed E-state index contributed by atoms with van der Waals surface area (Å²) < 4.78 is 5.61. The Morgan fingerprint density at radius 2 is 2.11 bits per heavy atom. The van der Waals surface area contributed by atoms with E-state index in [1.54, 1.807) is 0 Å². The lowest BCUT2D eigenvalue weighted by molar-refractivity contribution is 0.447. The maximum atomic E-state index is 11.2. The fourth-order valence-corrected chi connectivity index (χ4v) is 1.87. The lowest BCUT2D eigenvalue weighted by Crippen LogP contribution is -2.09. The van der Waals surface area contributed by atoms with Crippen molar-refractivity contribution < 1.29 is 9.52 Å². The molecule has 0 radical (unpaired) electrons. The largest absolute Gasteiger partial charge is 0.493 e. The molecule has 1 aromatic carbocycles. The smallest absolute Gasteiger partial charge is 0.254 e. The van der Waals surface area contributed by atoms with Crippen molar-refractivity contribution in [2.45, 2.75) is 6.42 Å². The Hall–Kier alpha value is -2.56. The van der Waals surface area contributed by atoms with Gasteiger partial charge in [0, 0.05) is 5.39 Å². The molecule has 0 aliphatic heterocycles. The van der Waals surface area contributed by atoms with Gasteiger partial charge < -0.3 is 14.5 Å². The average Bonchev–Trinajstić information content (AvgIpc) is 2.69. The molecule has 0 spiro atoms. The van der Waals surface area contributed by atoms with E-state index in [0.29, 0.717) is 18.0 Å². The van der Waals surface area contributed by atoms with Gasteiger partial charge in [-0.25, -0.2) is 0 Å². The molecule has 0 saturated heterocycles. The topological polar surface area (TPSA) is 79.1 Å². The van der Waals surface area contributed by atoms with Crippen molar-refractivity contribution in [3.05, 3.63) is 58.3 Å². The van der Waals surface area contributed by atoms with Crippen LogP contribution in [0.1, 0.15) is 11.6 Å². The van der Waals surface area contributed by atoms with Crippen molar-refractivity contribution in [3.8, 4) is 5.88 Å². The summed E-state index contributed by atoms with van der Waals surface area (Å²) in [5, 5.41) is 10.2. The van der Waals surface area contributed by atoms with Crippen LogP contribution in [-0.4, -0.2) is 15.1 Å². The Bertz CT molecular complexity index is 725. The number of aromatic hydroxyl groups is 1. The quantitative estimate of drug-likeness (QED) is 0.718. The Labute approximate surface area is 102 Å². The van der Waals surface area contributed by atoms with Gasteiger partial charge in [-0.1, -0.05) is 18.2 Å². The lowest BCUT2D eigenvalue weighted by atomic mass is 10.2. The van der Waals surface area contributed by atoms with Crippen LogP contribution < -0.4 is 5.56 Å². The number of furan rings is 1. The third-order valence-electron chi connectivity index (χ3n) is 2.60. The van der Waals surface area contributed by atoms with Gasteiger partial charge in [-0.3, -0.25) is 4.79 Å². The number of para-hydroxylation sites is 1. The number of fused-ring (bicyclic) bond motifs is 1. The molecular weight excluding hydrogens is 232 g/mol. The second kappa shape index (κ2) is 4.03. The minimum absolute atomic E-state index is 0.287. The van der Waals surface area contributed by atoms with Gasteiger partial charge in [-0.2, -0.15) is 4.98 Å². The molecule has 0 aliphatic carbocycles. The summed E-state index contributed by atoms with van der Waals surface area (Å²) in [7, 11) is 0. The summed E-state index contributed by atoms with van der Waals surface area (Å²) in [5.74, 6) is 0.772. The number of benzene rings is 1. The summed E-state index contributed by atoms with van der Waals surface area (Å²) in [4.78, 5) is 17.6. The van der Waals surface area contributed by atoms with Gasteiger partial charge in [0.2, 0.25) is 5.88 Å². The van der Waals surface area contributed by atoms with Gasteiger partial charge in [0.15, 0.2) is 0 Å². The molecule has 0 bridgehead atoms. The Kier molecular flexibility index (Phi) is 2.37. The van der Waals surface area contributed by atoms with Crippen molar-refractivity contribution >= 4 is 11.0 Å². The van der Waals surface area contributed by atoms with Gasteiger partial charge >= 0.3 is 0 Å². The maximum Gasteiger partial charge on any atom is 0.254 e. The van der Waals surface area contributed by atoms with E-state index in [2.05, 4.69) is 9.97 Å². The van der Waals surface area contributed by atoms with Crippen LogP contribution in [0.25, 0.3) is 11.0 Å². The van der Waals surface area contributed by atoms with E-state index in [4.69, 9.17) is 4.42 Å². The standard InChI is InChI=1S/C13H10N2O3/c16-12-7-13(17)15-11(14-12)6-9-5-8-3-1-2-4-10(8)18-9/h1-5,7H,6H2,(H2,14,15,16,17). The van der Waals surface area contributed by atoms with E-state index < -0.39 is 0 Å². The molecule has 0 aliphatic rings. The molecule has 2 N–H and O–H groups in total. The van der Waals surface area contributed by atoms with E-state index in [-0.39, 0.29) is 11.4 Å². The molecule has 5 nitrogen and oxygen atoms in total. The number of aromatic nitrogens is 2. The second-order valence-electron chi connectivity index (χ2n) is 3.98. The molecule has 0 unspecified atom stereocenters. The van der Waals surface area contributed by atoms with Crippen molar-refractivity contribution in [2.24, 2.45) is 0 Å². The molecule has 0 fully saturated rings. The zero-order valence-electron chi connectivity index (χ0n) is 9.38. The number of nitrogens with zero attached hydrogens (tertiary/aromatic N) is 1. The third kappa shape index (κ3) is 1.98. The predicted molar refractivity (Wildman–Crippen MR) is 65.5 cm³/mol. The van der Waals surface area contributed by atoms with Crippen LogP contribution in [0.3, 0.4) is 0 Å². The first kappa shape index (κ1) is 10.6. The Balaban J connectivity index is 1.98. The summed E-state index contributed by atoms with van der Waals surface area (Å²) >= 11 is 0. The van der Waals surface area contributed by atoms with Crippen molar-refractivity contribution in [3.63, 3.8) is 0 Å². The molecule has 0 saturated carbocycles. The first-order valence-electron chi connectivity index (χ1n) is 5.47. The van der Waals surface area contributed by atoms with Crippen LogP contribution in [0.4, 0.5) is 0 Å².